The molecule has 1 N–H and O–H groups in total. The predicted octanol–water partition coefficient (Wildman–Crippen LogP) is 3.16. The van der Waals surface area contributed by atoms with Crippen LogP contribution in [0.25, 0.3) is 0 Å². The summed E-state index contributed by atoms with van der Waals surface area (Å²) in [6, 6.07) is 7.06. The van der Waals surface area contributed by atoms with Gasteiger partial charge in [0.1, 0.15) is 16.1 Å². The van der Waals surface area contributed by atoms with Crippen molar-refractivity contribution in [3.8, 4) is 17.5 Å². The number of phenolic OH excluding ortho intramolecular Hbond substituents is 1. The summed E-state index contributed by atoms with van der Waals surface area (Å²) in [6.45, 7) is 2.78. The van der Waals surface area contributed by atoms with E-state index in [2.05, 4.69) is 20.9 Å². The van der Waals surface area contributed by atoms with Gasteiger partial charge in [-0.25, -0.2) is 4.98 Å². The van der Waals surface area contributed by atoms with Crippen LogP contribution < -0.4 is 4.74 Å². The van der Waals surface area contributed by atoms with E-state index in [1.54, 1.807) is 30.5 Å². The number of imidazole rings is 1. The standard InChI is InChI=1S/C11H11BrN2O2/c1-2-14-10(12)7-13-11(14)16-9-5-3-8(15)4-6-9/h3-7,15H,2H2,1H3. The summed E-state index contributed by atoms with van der Waals surface area (Å²) < 4.78 is 8.36. The number of ether oxygens (including phenoxy) is 1. The van der Waals surface area contributed by atoms with Crippen molar-refractivity contribution in [2.24, 2.45) is 0 Å². The molecule has 1 heterocycles. The Morgan fingerprint density at radius 3 is 2.69 bits per heavy atom. The summed E-state index contributed by atoms with van der Waals surface area (Å²) in [7, 11) is 0. The summed E-state index contributed by atoms with van der Waals surface area (Å²) in [5.74, 6) is 0.859. The minimum atomic E-state index is 0.215. The molecule has 84 valence electrons. The highest BCUT2D eigenvalue weighted by Crippen LogP contribution is 2.25. The summed E-state index contributed by atoms with van der Waals surface area (Å²) in [4.78, 5) is 4.14. The van der Waals surface area contributed by atoms with Gasteiger partial charge in [0.05, 0.1) is 6.20 Å². The number of hydrogen-bond donors (Lipinski definition) is 1. The van der Waals surface area contributed by atoms with Crippen LogP contribution in [0.15, 0.2) is 35.1 Å². The van der Waals surface area contributed by atoms with E-state index in [-0.39, 0.29) is 5.75 Å². The van der Waals surface area contributed by atoms with Crippen molar-refractivity contribution in [3.63, 3.8) is 0 Å². The molecule has 1 aromatic carbocycles. The molecule has 2 aromatic rings. The molecular weight excluding hydrogens is 272 g/mol. The first-order valence-corrected chi connectivity index (χ1v) is 5.68. The van der Waals surface area contributed by atoms with E-state index in [1.165, 1.54) is 0 Å². The minimum Gasteiger partial charge on any atom is -0.508 e. The highest BCUT2D eigenvalue weighted by Gasteiger charge is 2.08. The van der Waals surface area contributed by atoms with Crippen molar-refractivity contribution in [2.75, 3.05) is 0 Å². The average Bonchev–Trinajstić information content (AvgIpc) is 2.63. The Morgan fingerprint density at radius 2 is 2.06 bits per heavy atom. The number of hydrogen-bond acceptors (Lipinski definition) is 3. The maximum atomic E-state index is 9.14. The van der Waals surface area contributed by atoms with Gasteiger partial charge in [-0.15, -0.1) is 0 Å². The fraction of sp³-hybridized carbons (Fsp3) is 0.182. The molecule has 0 bridgehead atoms. The first-order valence-electron chi connectivity index (χ1n) is 4.88. The van der Waals surface area contributed by atoms with Crippen molar-refractivity contribution in [2.45, 2.75) is 13.5 Å². The molecule has 0 unspecified atom stereocenters. The second kappa shape index (κ2) is 4.57. The number of rotatable bonds is 3. The van der Waals surface area contributed by atoms with E-state index in [0.29, 0.717) is 11.8 Å². The number of aromatic nitrogens is 2. The van der Waals surface area contributed by atoms with Crippen molar-refractivity contribution >= 4 is 15.9 Å². The van der Waals surface area contributed by atoms with E-state index in [9.17, 15) is 0 Å². The number of aromatic hydroxyl groups is 1. The fourth-order valence-electron chi connectivity index (χ4n) is 1.33. The Balaban J connectivity index is 2.23. The minimum absolute atomic E-state index is 0.215. The van der Waals surface area contributed by atoms with E-state index in [4.69, 9.17) is 9.84 Å². The van der Waals surface area contributed by atoms with Crippen LogP contribution in [0.2, 0.25) is 0 Å². The SMILES string of the molecule is CCn1c(Br)cnc1Oc1ccc(O)cc1. The van der Waals surface area contributed by atoms with Crippen molar-refractivity contribution < 1.29 is 9.84 Å². The molecule has 0 fully saturated rings. The summed E-state index contributed by atoms with van der Waals surface area (Å²) in [5, 5.41) is 9.14. The van der Waals surface area contributed by atoms with E-state index in [0.717, 1.165) is 11.1 Å². The van der Waals surface area contributed by atoms with Crippen LogP contribution in [-0.4, -0.2) is 14.7 Å². The van der Waals surface area contributed by atoms with Crippen LogP contribution in [0.1, 0.15) is 6.92 Å². The van der Waals surface area contributed by atoms with E-state index >= 15 is 0 Å². The molecule has 1 aromatic heterocycles. The normalized spacial score (nSPS) is 10.4. The number of nitrogens with zero attached hydrogens (tertiary/aromatic N) is 2. The second-order valence-electron chi connectivity index (χ2n) is 3.20. The Kier molecular flexibility index (Phi) is 3.14. The zero-order chi connectivity index (χ0) is 11.5. The molecule has 0 saturated heterocycles. The third kappa shape index (κ3) is 2.19. The molecule has 5 heteroatoms. The van der Waals surface area contributed by atoms with Crippen molar-refractivity contribution in [1.82, 2.24) is 9.55 Å². The highest BCUT2D eigenvalue weighted by atomic mass is 79.9. The van der Waals surface area contributed by atoms with Crippen LogP contribution >= 0.6 is 15.9 Å². The van der Waals surface area contributed by atoms with Gasteiger partial charge in [0.25, 0.3) is 0 Å². The molecule has 0 saturated carbocycles. The molecule has 0 spiro atoms. The smallest absolute Gasteiger partial charge is 0.302 e. The van der Waals surface area contributed by atoms with Gasteiger partial charge < -0.3 is 9.84 Å². The van der Waals surface area contributed by atoms with Gasteiger partial charge in [-0.05, 0) is 47.1 Å². The van der Waals surface area contributed by atoms with Crippen LogP contribution in [0, 0.1) is 0 Å². The maximum Gasteiger partial charge on any atom is 0.302 e. The molecule has 4 nitrogen and oxygen atoms in total. The monoisotopic (exact) mass is 282 g/mol. The van der Waals surface area contributed by atoms with Gasteiger partial charge in [-0.2, -0.15) is 0 Å². The predicted molar refractivity (Wildman–Crippen MR) is 63.8 cm³/mol. The third-order valence-electron chi connectivity index (χ3n) is 2.13. The lowest BCUT2D eigenvalue weighted by atomic mass is 10.3. The fourth-order valence-corrected chi connectivity index (χ4v) is 1.83. The van der Waals surface area contributed by atoms with Crippen LogP contribution in [0.3, 0.4) is 0 Å². The molecule has 0 aliphatic rings. The zero-order valence-corrected chi connectivity index (χ0v) is 10.3. The second-order valence-corrected chi connectivity index (χ2v) is 4.02. The molecule has 2 rings (SSSR count). The van der Waals surface area contributed by atoms with Crippen LogP contribution in [0.5, 0.6) is 17.5 Å². The van der Waals surface area contributed by atoms with Gasteiger partial charge in [0.2, 0.25) is 0 Å². The van der Waals surface area contributed by atoms with Gasteiger partial charge in [0.15, 0.2) is 0 Å². The lowest BCUT2D eigenvalue weighted by molar-refractivity contribution is 0.411. The topological polar surface area (TPSA) is 47.3 Å². The van der Waals surface area contributed by atoms with Gasteiger partial charge >= 0.3 is 6.01 Å². The Bertz CT molecular complexity index is 479. The first-order chi connectivity index (χ1) is 7.70. The first kappa shape index (κ1) is 11.0. The lowest BCUT2D eigenvalue weighted by Crippen LogP contribution is -1.98. The lowest BCUT2D eigenvalue weighted by Gasteiger charge is -2.07. The molecule has 16 heavy (non-hydrogen) atoms. The van der Waals surface area contributed by atoms with E-state index < -0.39 is 0 Å². The summed E-state index contributed by atoms with van der Waals surface area (Å²) in [5.41, 5.74) is 0. The Morgan fingerprint density at radius 1 is 1.38 bits per heavy atom. The largest absolute Gasteiger partial charge is 0.508 e. The van der Waals surface area contributed by atoms with Gasteiger partial charge in [-0.1, -0.05) is 0 Å². The Labute approximate surface area is 102 Å². The molecular formula is C11H11BrN2O2. The molecule has 0 atom stereocenters. The average molecular weight is 283 g/mol. The quantitative estimate of drug-likeness (QED) is 0.941. The molecule has 0 aliphatic heterocycles. The van der Waals surface area contributed by atoms with Crippen LogP contribution in [0.4, 0.5) is 0 Å². The van der Waals surface area contributed by atoms with Crippen molar-refractivity contribution in [3.05, 3.63) is 35.1 Å². The maximum absolute atomic E-state index is 9.14. The summed E-state index contributed by atoms with van der Waals surface area (Å²) in [6.07, 6.45) is 1.69. The van der Waals surface area contributed by atoms with Crippen LogP contribution in [-0.2, 0) is 6.54 Å². The third-order valence-corrected chi connectivity index (χ3v) is 2.77. The van der Waals surface area contributed by atoms with E-state index in [1.807, 2.05) is 11.5 Å². The highest BCUT2D eigenvalue weighted by molar-refractivity contribution is 9.10. The Hall–Kier alpha value is -1.49. The summed E-state index contributed by atoms with van der Waals surface area (Å²) >= 11 is 3.38. The molecule has 0 amide bonds. The molecule has 0 aliphatic carbocycles. The number of phenols is 1. The molecule has 0 radical (unpaired) electrons. The van der Waals surface area contributed by atoms with Crippen molar-refractivity contribution in [1.29, 1.82) is 0 Å². The number of benzene rings is 1. The van der Waals surface area contributed by atoms with Gasteiger partial charge in [-0.3, -0.25) is 4.57 Å². The zero-order valence-electron chi connectivity index (χ0n) is 8.72. The number of halogens is 1. The van der Waals surface area contributed by atoms with Gasteiger partial charge in [0, 0.05) is 6.54 Å².